The number of hydrogen-bond donors (Lipinski definition) is 1. The first-order chi connectivity index (χ1) is 10.2. The van der Waals surface area contributed by atoms with E-state index in [-0.39, 0.29) is 12.6 Å². The molecular formula is C17H22ClNO2. The van der Waals surface area contributed by atoms with Gasteiger partial charge in [0.1, 0.15) is 0 Å². The summed E-state index contributed by atoms with van der Waals surface area (Å²) in [5.74, 6) is 0.535. The van der Waals surface area contributed by atoms with Gasteiger partial charge in [-0.1, -0.05) is 17.7 Å². The fourth-order valence-corrected chi connectivity index (χ4v) is 4.58. The zero-order chi connectivity index (χ0) is 14.4. The molecule has 3 aliphatic rings. The van der Waals surface area contributed by atoms with Gasteiger partial charge in [0.2, 0.25) is 0 Å². The Balaban J connectivity index is 1.63. The Bertz CT molecular complexity index is 536. The summed E-state index contributed by atoms with van der Waals surface area (Å²) in [5.41, 5.74) is 3.26. The van der Waals surface area contributed by atoms with E-state index in [9.17, 15) is 0 Å². The van der Waals surface area contributed by atoms with Crippen LogP contribution in [0.2, 0.25) is 5.02 Å². The molecule has 2 fully saturated rings. The smallest absolute Gasteiger partial charge is 0.164 e. The Kier molecular flexibility index (Phi) is 3.49. The summed E-state index contributed by atoms with van der Waals surface area (Å²) in [6, 6.07) is 6.45. The first kappa shape index (κ1) is 14.0. The van der Waals surface area contributed by atoms with E-state index in [1.807, 2.05) is 13.0 Å². The number of ether oxygens (including phenoxy) is 2. The normalized spacial score (nSPS) is 33.7. The van der Waals surface area contributed by atoms with Crippen molar-refractivity contribution in [3.8, 4) is 0 Å². The standard InChI is InChI=1S/C17H22ClNO2/c1-11-20-16(21-11)8-12-10-17(4-6-19-7-5-17)15-9-13(18)2-3-14(12)15/h2-3,9,11-12,16,19H,4-8,10H2,1H3. The fourth-order valence-electron chi connectivity index (χ4n) is 4.41. The minimum atomic E-state index is -0.0334. The minimum Gasteiger partial charge on any atom is -0.324 e. The summed E-state index contributed by atoms with van der Waals surface area (Å²) >= 11 is 6.27. The summed E-state index contributed by atoms with van der Waals surface area (Å²) in [6.45, 7) is 4.16. The first-order valence-electron chi connectivity index (χ1n) is 7.98. The molecule has 1 atom stereocenters. The number of rotatable bonds is 2. The maximum atomic E-state index is 6.27. The number of piperidine rings is 1. The van der Waals surface area contributed by atoms with E-state index in [0.29, 0.717) is 11.3 Å². The van der Waals surface area contributed by atoms with Gasteiger partial charge in [-0.15, -0.1) is 0 Å². The van der Waals surface area contributed by atoms with E-state index < -0.39 is 0 Å². The van der Waals surface area contributed by atoms with E-state index in [4.69, 9.17) is 21.1 Å². The van der Waals surface area contributed by atoms with Gasteiger partial charge in [0.05, 0.1) is 0 Å². The average Bonchev–Trinajstić information content (AvgIpc) is 2.72. The largest absolute Gasteiger partial charge is 0.324 e. The van der Waals surface area contributed by atoms with Crippen LogP contribution in [0.25, 0.3) is 0 Å². The Morgan fingerprint density at radius 2 is 2.05 bits per heavy atom. The highest BCUT2D eigenvalue weighted by molar-refractivity contribution is 6.30. The summed E-state index contributed by atoms with van der Waals surface area (Å²) in [6.07, 6.45) is 4.54. The summed E-state index contributed by atoms with van der Waals surface area (Å²) in [4.78, 5) is 0. The maximum absolute atomic E-state index is 6.27. The van der Waals surface area contributed by atoms with Gasteiger partial charge < -0.3 is 14.8 Å². The zero-order valence-electron chi connectivity index (χ0n) is 12.4. The van der Waals surface area contributed by atoms with Crippen molar-refractivity contribution in [2.75, 3.05) is 13.1 Å². The lowest BCUT2D eigenvalue weighted by atomic mass is 9.73. The molecule has 1 spiro atoms. The van der Waals surface area contributed by atoms with Crippen LogP contribution >= 0.6 is 11.6 Å². The summed E-state index contributed by atoms with van der Waals surface area (Å²) in [7, 11) is 0. The summed E-state index contributed by atoms with van der Waals surface area (Å²) in [5, 5.41) is 4.34. The molecule has 1 aromatic rings. The van der Waals surface area contributed by atoms with Crippen LogP contribution in [0.3, 0.4) is 0 Å². The molecule has 4 heteroatoms. The van der Waals surface area contributed by atoms with Crippen molar-refractivity contribution in [2.24, 2.45) is 0 Å². The van der Waals surface area contributed by atoms with Gasteiger partial charge in [0, 0.05) is 11.4 Å². The van der Waals surface area contributed by atoms with Crippen molar-refractivity contribution >= 4 is 11.6 Å². The van der Waals surface area contributed by atoms with Crippen molar-refractivity contribution in [1.82, 2.24) is 5.32 Å². The number of benzene rings is 1. The van der Waals surface area contributed by atoms with E-state index in [1.165, 1.54) is 30.4 Å². The van der Waals surface area contributed by atoms with Gasteiger partial charge in [-0.25, -0.2) is 0 Å². The zero-order valence-corrected chi connectivity index (χ0v) is 13.2. The number of hydrogen-bond acceptors (Lipinski definition) is 3. The molecule has 0 saturated carbocycles. The Hall–Kier alpha value is -0.610. The lowest BCUT2D eigenvalue weighted by Gasteiger charge is -2.37. The van der Waals surface area contributed by atoms with Gasteiger partial charge in [0.25, 0.3) is 0 Å². The lowest BCUT2D eigenvalue weighted by Crippen LogP contribution is -2.40. The third kappa shape index (κ3) is 2.40. The van der Waals surface area contributed by atoms with Crippen LogP contribution in [-0.2, 0) is 14.9 Å². The summed E-state index contributed by atoms with van der Waals surface area (Å²) < 4.78 is 11.3. The Morgan fingerprint density at radius 3 is 2.76 bits per heavy atom. The average molecular weight is 308 g/mol. The van der Waals surface area contributed by atoms with Crippen molar-refractivity contribution in [3.63, 3.8) is 0 Å². The number of fused-ring (bicyclic) bond motifs is 2. The molecule has 2 saturated heterocycles. The van der Waals surface area contributed by atoms with Crippen molar-refractivity contribution in [2.45, 2.75) is 56.5 Å². The molecule has 0 amide bonds. The molecule has 2 aliphatic heterocycles. The highest BCUT2D eigenvalue weighted by Crippen LogP contribution is 2.53. The van der Waals surface area contributed by atoms with E-state index in [0.717, 1.165) is 24.5 Å². The number of nitrogens with one attached hydrogen (secondary N) is 1. The van der Waals surface area contributed by atoms with Crippen molar-refractivity contribution in [3.05, 3.63) is 34.3 Å². The Labute approximate surface area is 131 Å². The molecular weight excluding hydrogens is 286 g/mol. The van der Waals surface area contributed by atoms with Crippen LogP contribution < -0.4 is 5.32 Å². The highest BCUT2D eigenvalue weighted by Gasteiger charge is 2.45. The molecule has 1 N–H and O–H groups in total. The van der Waals surface area contributed by atoms with Gasteiger partial charge in [-0.3, -0.25) is 0 Å². The van der Waals surface area contributed by atoms with Gasteiger partial charge >= 0.3 is 0 Å². The second-order valence-corrected chi connectivity index (χ2v) is 7.10. The number of halogens is 1. The molecule has 21 heavy (non-hydrogen) atoms. The molecule has 2 heterocycles. The first-order valence-corrected chi connectivity index (χ1v) is 8.36. The van der Waals surface area contributed by atoms with Gasteiger partial charge in [-0.2, -0.15) is 0 Å². The highest BCUT2D eigenvalue weighted by atomic mass is 35.5. The molecule has 1 unspecified atom stereocenters. The maximum Gasteiger partial charge on any atom is 0.164 e. The van der Waals surface area contributed by atoms with E-state index in [1.54, 1.807) is 0 Å². The van der Waals surface area contributed by atoms with Crippen LogP contribution in [0, 0.1) is 0 Å². The quantitative estimate of drug-likeness (QED) is 0.906. The van der Waals surface area contributed by atoms with E-state index >= 15 is 0 Å². The van der Waals surface area contributed by atoms with E-state index in [2.05, 4.69) is 17.4 Å². The Morgan fingerprint density at radius 1 is 1.29 bits per heavy atom. The SMILES string of the molecule is CC1OC(CC2CC3(CCNCC3)c3cc(Cl)ccc32)O1. The second kappa shape index (κ2) is 5.24. The molecule has 1 aliphatic carbocycles. The fraction of sp³-hybridized carbons (Fsp3) is 0.647. The molecule has 114 valence electrons. The molecule has 1 aromatic carbocycles. The minimum absolute atomic E-state index is 0.0228. The van der Waals surface area contributed by atoms with Crippen molar-refractivity contribution in [1.29, 1.82) is 0 Å². The molecule has 0 aromatic heterocycles. The van der Waals surface area contributed by atoms with Gasteiger partial charge in [-0.05, 0) is 73.9 Å². The van der Waals surface area contributed by atoms with Gasteiger partial charge in [0.15, 0.2) is 12.6 Å². The molecule has 0 radical (unpaired) electrons. The molecule has 4 rings (SSSR count). The second-order valence-electron chi connectivity index (χ2n) is 6.67. The predicted molar refractivity (Wildman–Crippen MR) is 82.6 cm³/mol. The van der Waals surface area contributed by atoms with Crippen LogP contribution in [0.1, 0.15) is 49.7 Å². The predicted octanol–water partition coefficient (Wildman–Crippen LogP) is 3.56. The van der Waals surface area contributed by atoms with Crippen LogP contribution in [0.5, 0.6) is 0 Å². The topological polar surface area (TPSA) is 30.5 Å². The van der Waals surface area contributed by atoms with Crippen LogP contribution in [0.4, 0.5) is 0 Å². The monoisotopic (exact) mass is 307 g/mol. The lowest BCUT2D eigenvalue weighted by molar-refractivity contribution is -0.378. The third-order valence-electron chi connectivity index (χ3n) is 5.39. The molecule has 0 bridgehead atoms. The third-order valence-corrected chi connectivity index (χ3v) is 5.62. The van der Waals surface area contributed by atoms with Crippen LogP contribution in [0.15, 0.2) is 18.2 Å². The van der Waals surface area contributed by atoms with Crippen molar-refractivity contribution < 1.29 is 9.47 Å². The molecule has 3 nitrogen and oxygen atoms in total. The van der Waals surface area contributed by atoms with Crippen LogP contribution in [-0.4, -0.2) is 25.7 Å².